The molecule has 2 rings (SSSR count). The molecule has 0 saturated carbocycles. The molecule has 2 aliphatic rings. The number of rotatable bonds is 3. The van der Waals surface area contributed by atoms with E-state index in [4.69, 9.17) is 0 Å². The summed E-state index contributed by atoms with van der Waals surface area (Å²) in [5.74, 6) is 1.23. The van der Waals surface area contributed by atoms with Gasteiger partial charge in [-0.25, -0.2) is 0 Å². The van der Waals surface area contributed by atoms with Crippen molar-refractivity contribution in [2.75, 3.05) is 39.8 Å². The second-order valence-electron chi connectivity index (χ2n) is 5.52. The molecule has 2 aliphatic heterocycles. The first kappa shape index (κ1) is 20.4. The second-order valence-corrected chi connectivity index (χ2v) is 5.52. The van der Waals surface area contributed by atoms with Gasteiger partial charge in [-0.05, 0) is 64.8 Å². The van der Waals surface area contributed by atoms with E-state index in [9.17, 15) is 4.79 Å². The second kappa shape index (κ2) is 13.1. The van der Waals surface area contributed by atoms with Gasteiger partial charge in [-0.2, -0.15) is 0 Å². The zero-order valence-corrected chi connectivity index (χ0v) is 14.9. The minimum absolute atomic E-state index is 0.257. The summed E-state index contributed by atoms with van der Waals surface area (Å²) in [6.45, 7) is 13.2. The van der Waals surface area contributed by atoms with E-state index in [0.29, 0.717) is 5.92 Å². The van der Waals surface area contributed by atoms with E-state index in [1.807, 2.05) is 27.7 Å². The molecule has 1 amide bonds. The van der Waals surface area contributed by atoms with E-state index >= 15 is 0 Å². The van der Waals surface area contributed by atoms with Gasteiger partial charge in [0, 0.05) is 12.5 Å². The fraction of sp³-hybridized carbons (Fsp3) is 0.941. The van der Waals surface area contributed by atoms with Crippen molar-refractivity contribution in [1.29, 1.82) is 0 Å². The number of likely N-dealkylation sites (tertiary alicyclic amines) is 1. The molecule has 4 nitrogen and oxygen atoms in total. The van der Waals surface area contributed by atoms with Crippen molar-refractivity contribution in [2.45, 2.75) is 53.4 Å². The van der Waals surface area contributed by atoms with Crippen molar-refractivity contribution in [3.05, 3.63) is 0 Å². The van der Waals surface area contributed by atoms with Crippen LogP contribution in [0.1, 0.15) is 53.4 Å². The summed E-state index contributed by atoms with van der Waals surface area (Å²) in [6, 6.07) is 0. The molecule has 0 aliphatic carbocycles. The number of carbonyl (C=O) groups is 1. The van der Waals surface area contributed by atoms with E-state index < -0.39 is 0 Å². The largest absolute Gasteiger partial charge is 0.356 e. The zero-order chi connectivity index (χ0) is 16.1. The van der Waals surface area contributed by atoms with Gasteiger partial charge in [0.25, 0.3) is 0 Å². The van der Waals surface area contributed by atoms with Crippen molar-refractivity contribution in [3.8, 4) is 0 Å². The van der Waals surface area contributed by atoms with Crippen LogP contribution in [-0.2, 0) is 4.79 Å². The molecule has 0 unspecified atom stereocenters. The molecule has 0 aromatic rings. The average molecular weight is 300 g/mol. The number of carbonyl (C=O) groups excluding carboxylic acids is 1. The maximum absolute atomic E-state index is 12.0. The molecule has 2 N–H and O–H groups in total. The summed E-state index contributed by atoms with van der Waals surface area (Å²) < 4.78 is 0. The van der Waals surface area contributed by atoms with Crippen molar-refractivity contribution >= 4 is 5.91 Å². The Labute approximate surface area is 132 Å². The highest BCUT2D eigenvalue weighted by Gasteiger charge is 2.23. The molecule has 0 atom stereocenters. The minimum Gasteiger partial charge on any atom is -0.356 e. The highest BCUT2D eigenvalue weighted by molar-refractivity contribution is 5.78. The van der Waals surface area contributed by atoms with E-state index in [0.717, 1.165) is 45.6 Å². The normalized spacial score (nSPS) is 20.6. The molecule has 0 aromatic carbocycles. The Hall–Kier alpha value is -0.610. The molecule has 2 fully saturated rings. The van der Waals surface area contributed by atoms with E-state index in [-0.39, 0.29) is 11.8 Å². The molecular formula is C17H37N3O. The molecule has 126 valence electrons. The number of amides is 1. The third-order valence-electron chi connectivity index (χ3n) is 4.11. The summed E-state index contributed by atoms with van der Waals surface area (Å²) in [5, 5.41) is 6.50. The first-order valence-electron chi connectivity index (χ1n) is 8.92. The molecular weight excluding hydrogens is 262 g/mol. The molecule has 0 bridgehead atoms. The van der Waals surface area contributed by atoms with E-state index in [1.54, 1.807) is 0 Å². The predicted molar refractivity (Wildman–Crippen MR) is 91.5 cm³/mol. The fourth-order valence-electron chi connectivity index (χ4n) is 2.75. The lowest BCUT2D eigenvalue weighted by atomic mass is 9.94. The smallest absolute Gasteiger partial charge is 0.223 e. The lowest BCUT2D eigenvalue weighted by Gasteiger charge is -2.29. The van der Waals surface area contributed by atoms with Crippen LogP contribution < -0.4 is 10.6 Å². The average Bonchev–Trinajstić information content (AvgIpc) is 2.58. The summed E-state index contributed by atoms with van der Waals surface area (Å²) in [6.07, 6.45) is 4.45. The monoisotopic (exact) mass is 299 g/mol. The van der Waals surface area contributed by atoms with Gasteiger partial charge in [-0.1, -0.05) is 27.7 Å². The van der Waals surface area contributed by atoms with Crippen molar-refractivity contribution in [1.82, 2.24) is 15.5 Å². The molecule has 0 spiro atoms. The van der Waals surface area contributed by atoms with Gasteiger partial charge in [0.05, 0.1) is 0 Å². The fourth-order valence-corrected chi connectivity index (χ4v) is 2.75. The van der Waals surface area contributed by atoms with E-state index in [2.05, 4.69) is 22.6 Å². The number of hydrogen-bond acceptors (Lipinski definition) is 3. The zero-order valence-electron chi connectivity index (χ0n) is 14.9. The quantitative estimate of drug-likeness (QED) is 0.841. The standard InChI is InChI=1S/C13H25N3O.2C2H6/c1-16-8-4-12(5-9-16)13(17)15-10-11-2-6-14-7-3-11;2*1-2/h11-12,14H,2-10H2,1H3,(H,15,17);2*1-2H3. The number of piperidine rings is 2. The summed E-state index contributed by atoms with van der Waals surface area (Å²) in [4.78, 5) is 14.3. The summed E-state index contributed by atoms with van der Waals surface area (Å²) in [5.41, 5.74) is 0. The molecule has 4 heteroatoms. The van der Waals surface area contributed by atoms with E-state index in [1.165, 1.54) is 12.8 Å². The van der Waals surface area contributed by atoms with Gasteiger partial charge in [0.2, 0.25) is 5.91 Å². The van der Waals surface area contributed by atoms with Crippen molar-refractivity contribution in [2.24, 2.45) is 11.8 Å². The number of nitrogens with one attached hydrogen (secondary N) is 2. The minimum atomic E-state index is 0.257. The van der Waals surface area contributed by atoms with Gasteiger partial charge in [-0.15, -0.1) is 0 Å². The molecule has 0 aromatic heterocycles. The van der Waals surface area contributed by atoms with Gasteiger partial charge in [0.15, 0.2) is 0 Å². The van der Waals surface area contributed by atoms with Crippen LogP contribution in [0.3, 0.4) is 0 Å². The highest BCUT2D eigenvalue weighted by atomic mass is 16.1. The Bertz CT molecular complexity index is 244. The van der Waals surface area contributed by atoms with Crippen LogP contribution >= 0.6 is 0 Å². The third kappa shape index (κ3) is 8.42. The van der Waals surface area contributed by atoms with Crippen LogP contribution in [0.15, 0.2) is 0 Å². The Morgan fingerprint density at radius 3 is 2.10 bits per heavy atom. The number of hydrogen-bond donors (Lipinski definition) is 2. The lowest BCUT2D eigenvalue weighted by molar-refractivity contribution is -0.126. The molecule has 21 heavy (non-hydrogen) atoms. The van der Waals surface area contributed by atoms with Crippen molar-refractivity contribution < 1.29 is 4.79 Å². The predicted octanol–water partition coefficient (Wildman–Crippen LogP) is 2.50. The highest BCUT2D eigenvalue weighted by Crippen LogP contribution is 2.16. The lowest BCUT2D eigenvalue weighted by Crippen LogP contribution is -2.41. The van der Waals surface area contributed by atoms with Crippen LogP contribution in [-0.4, -0.2) is 50.6 Å². The molecule has 2 saturated heterocycles. The van der Waals surface area contributed by atoms with Crippen LogP contribution in [0.5, 0.6) is 0 Å². The number of nitrogens with zero attached hydrogens (tertiary/aromatic N) is 1. The third-order valence-corrected chi connectivity index (χ3v) is 4.11. The Balaban J connectivity index is 0.000000921. The first-order valence-corrected chi connectivity index (χ1v) is 8.92. The molecule has 0 radical (unpaired) electrons. The maximum atomic E-state index is 12.0. The van der Waals surface area contributed by atoms with Gasteiger partial charge >= 0.3 is 0 Å². The Morgan fingerprint density at radius 2 is 1.57 bits per heavy atom. The van der Waals surface area contributed by atoms with Gasteiger partial charge in [-0.3, -0.25) is 4.79 Å². The topological polar surface area (TPSA) is 44.4 Å². The molecule has 2 heterocycles. The summed E-state index contributed by atoms with van der Waals surface area (Å²) in [7, 11) is 2.13. The Morgan fingerprint density at radius 1 is 1.05 bits per heavy atom. The SMILES string of the molecule is CC.CC.CN1CCC(C(=O)NCC2CCNCC2)CC1. The summed E-state index contributed by atoms with van der Waals surface area (Å²) >= 11 is 0. The van der Waals surface area contributed by atoms with Crippen LogP contribution in [0.4, 0.5) is 0 Å². The van der Waals surface area contributed by atoms with Gasteiger partial charge in [0.1, 0.15) is 0 Å². The van der Waals surface area contributed by atoms with Crippen LogP contribution in [0.25, 0.3) is 0 Å². The van der Waals surface area contributed by atoms with Crippen LogP contribution in [0.2, 0.25) is 0 Å². The van der Waals surface area contributed by atoms with Gasteiger partial charge < -0.3 is 15.5 Å². The van der Waals surface area contributed by atoms with Crippen molar-refractivity contribution in [3.63, 3.8) is 0 Å². The Kier molecular flexibility index (Phi) is 12.7. The van der Waals surface area contributed by atoms with Crippen LogP contribution in [0, 0.1) is 11.8 Å². The first-order chi connectivity index (χ1) is 10.3. The maximum Gasteiger partial charge on any atom is 0.223 e.